The van der Waals surface area contributed by atoms with Gasteiger partial charge in [-0.15, -0.1) is 0 Å². The summed E-state index contributed by atoms with van der Waals surface area (Å²) in [5.41, 5.74) is 0.734. The van der Waals surface area contributed by atoms with Crippen LogP contribution in [0.3, 0.4) is 0 Å². The zero-order valence-electron chi connectivity index (χ0n) is 15.1. The number of nitrogens with zero attached hydrogens (tertiary/aromatic N) is 3. The first-order valence-electron chi connectivity index (χ1n) is 9.18. The summed E-state index contributed by atoms with van der Waals surface area (Å²) in [6.07, 6.45) is 4.74. The highest BCUT2D eigenvalue weighted by molar-refractivity contribution is 5.82. The molecule has 0 aromatic carbocycles. The highest BCUT2D eigenvalue weighted by atomic mass is 16.3. The van der Waals surface area contributed by atoms with E-state index >= 15 is 0 Å². The molecule has 0 unspecified atom stereocenters. The molecule has 1 saturated carbocycles. The number of imidazole rings is 1. The molecule has 2 aromatic rings. The quantitative estimate of drug-likeness (QED) is 0.887. The van der Waals surface area contributed by atoms with Crippen molar-refractivity contribution in [1.82, 2.24) is 19.8 Å². The summed E-state index contributed by atoms with van der Waals surface area (Å²) in [6.45, 7) is 5.95. The Morgan fingerprint density at radius 1 is 1.35 bits per heavy atom. The average Bonchev–Trinajstić information content (AvgIpc) is 3.03. The highest BCUT2D eigenvalue weighted by Gasteiger charge is 2.43. The van der Waals surface area contributed by atoms with Gasteiger partial charge < -0.3 is 19.2 Å². The van der Waals surface area contributed by atoms with Crippen LogP contribution in [0.1, 0.15) is 43.6 Å². The van der Waals surface area contributed by atoms with E-state index in [1.807, 2.05) is 24.1 Å². The molecule has 7 nitrogen and oxygen atoms in total. The van der Waals surface area contributed by atoms with Gasteiger partial charge in [0.05, 0.1) is 31.0 Å². The van der Waals surface area contributed by atoms with Gasteiger partial charge >= 0.3 is 0 Å². The van der Waals surface area contributed by atoms with Crippen molar-refractivity contribution >= 4 is 11.8 Å². The molecule has 1 aliphatic carbocycles. The minimum atomic E-state index is -0.0933. The Hall–Kier alpha value is -2.57. The molecule has 3 heterocycles. The number of amides is 2. The minimum absolute atomic E-state index is 0.0519. The van der Waals surface area contributed by atoms with Crippen LogP contribution in [0.5, 0.6) is 0 Å². The van der Waals surface area contributed by atoms with E-state index in [0.29, 0.717) is 19.0 Å². The van der Waals surface area contributed by atoms with Crippen molar-refractivity contribution in [3.05, 3.63) is 41.9 Å². The number of furan rings is 1. The van der Waals surface area contributed by atoms with Crippen molar-refractivity contribution in [2.45, 2.75) is 45.8 Å². The van der Waals surface area contributed by atoms with E-state index in [1.165, 1.54) is 0 Å². The van der Waals surface area contributed by atoms with E-state index in [2.05, 4.69) is 21.8 Å². The van der Waals surface area contributed by atoms with Gasteiger partial charge in [0.2, 0.25) is 11.8 Å². The van der Waals surface area contributed by atoms with Gasteiger partial charge in [-0.25, -0.2) is 4.98 Å². The lowest BCUT2D eigenvalue weighted by Gasteiger charge is -2.34. The van der Waals surface area contributed by atoms with Gasteiger partial charge in [-0.05, 0) is 31.4 Å². The Bertz CT molecular complexity index is 811. The van der Waals surface area contributed by atoms with Gasteiger partial charge in [0.1, 0.15) is 11.6 Å². The van der Waals surface area contributed by atoms with E-state index in [1.54, 1.807) is 12.3 Å². The Balaban J connectivity index is 1.38. The second kappa shape index (κ2) is 6.63. The number of carbonyl (C=O) groups is 2. The normalized spacial score (nSPS) is 24.2. The van der Waals surface area contributed by atoms with Crippen molar-refractivity contribution in [3.8, 4) is 0 Å². The first-order chi connectivity index (χ1) is 12.5. The lowest BCUT2D eigenvalue weighted by molar-refractivity contribution is -0.136. The summed E-state index contributed by atoms with van der Waals surface area (Å²) in [7, 11) is 0. The standard InChI is InChI=1S/C19H24N4O3/c1-12-8-16(12)19(25)23-6-5-22-11-14(21-18(22)13(23)2)9-17(24)20-10-15-4-3-7-26-15/h3-4,7,11-13,16H,5-6,8-10H2,1-2H3,(H,20,24)/t12-,13+,16+/m1/s1. The van der Waals surface area contributed by atoms with Crippen LogP contribution in [0.25, 0.3) is 0 Å². The number of hydrogen-bond acceptors (Lipinski definition) is 4. The third-order valence-electron chi connectivity index (χ3n) is 5.37. The molecule has 2 amide bonds. The fourth-order valence-electron chi connectivity index (χ4n) is 3.64. The van der Waals surface area contributed by atoms with Crippen LogP contribution in [-0.2, 0) is 29.1 Å². The Morgan fingerprint density at radius 2 is 2.15 bits per heavy atom. The molecule has 0 spiro atoms. The van der Waals surface area contributed by atoms with Gasteiger partial charge in [-0.2, -0.15) is 0 Å². The van der Waals surface area contributed by atoms with Gasteiger partial charge in [0.15, 0.2) is 0 Å². The predicted molar refractivity (Wildman–Crippen MR) is 93.9 cm³/mol. The van der Waals surface area contributed by atoms with E-state index in [9.17, 15) is 9.59 Å². The van der Waals surface area contributed by atoms with Gasteiger partial charge in [-0.3, -0.25) is 9.59 Å². The molecule has 7 heteroatoms. The van der Waals surface area contributed by atoms with Gasteiger partial charge in [0.25, 0.3) is 0 Å². The molecular formula is C19H24N4O3. The molecule has 2 aliphatic rings. The Labute approximate surface area is 152 Å². The van der Waals surface area contributed by atoms with Crippen molar-refractivity contribution < 1.29 is 14.0 Å². The van der Waals surface area contributed by atoms with Crippen LogP contribution in [0.15, 0.2) is 29.0 Å². The number of aromatic nitrogens is 2. The predicted octanol–water partition coefficient (Wildman–Crippen LogP) is 1.89. The van der Waals surface area contributed by atoms with Crippen molar-refractivity contribution in [1.29, 1.82) is 0 Å². The molecule has 0 saturated heterocycles. The molecule has 1 aliphatic heterocycles. The van der Waals surface area contributed by atoms with Crippen LogP contribution < -0.4 is 5.32 Å². The number of carbonyl (C=O) groups excluding carboxylic acids is 2. The molecule has 1 fully saturated rings. The summed E-state index contributed by atoms with van der Waals surface area (Å²) in [5.74, 6) is 2.43. The first-order valence-corrected chi connectivity index (χ1v) is 9.18. The first kappa shape index (κ1) is 16.9. The SMILES string of the molecule is C[C@@H]1C[C@@H]1C(=O)N1CCn2cc(CC(=O)NCc3ccco3)nc2[C@@H]1C. The van der Waals surface area contributed by atoms with Crippen LogP contribution in [0.2, 0.25) is 0 Å². The van der Waals surface area contributed by atoms with Crippen LogP contribution >= 0.6 is 0 Å². The van der Waals surface area contributed by atoms with E-state index in [4.69, 9.17) is 4.42 Å². The second-order valence-corrected chi connectivity index (χ2v) is 7.34. The zero-order valence-corrected chi connectivity index (χ0v) is 15.1. The fourth-order valence-corrected chi connectivity index (χ4v) is 3.64. The maximum absolute atomic E-state index is 12.6. The zero-order chi connectivity index (χ0) is 18.3. The Kier molecular flexibility index (Phi) is 4.30. The molecule has 0 bridgehead atoms. The monoisotopic (exact) mass is 356 g/mol. The fraction of sp³-hybridized carbons (Fsp3) is 0.526. The molecule has 3 atom stereocenters. The summed E-state index contributed by atoms with van der Waals surface area (Å²) >= 11 is 0. The maximum atomic E-state index is 12.6. The Morgan fingerprint density at radius 3 is 2.85 bits per heavy atom. The maximum Gasteiger partial charge on any atom is 0.226 e. The lowest BCUT2D eigenvalue weighted by Crippen LogP contribution is -2.42. The third kappa shape index (κ3) is 3.25. The second-order valence-electron chi connectivity index (χ2n) is 7.34. The van der Waals surface area contributed by atoms with E-state index in [-0.39, 0.29) is 30.2 Å². The number of hydrogen-bond donors (Lipinski definition) is 1. The molecule has 0 radical (unpaired) electrons. The van der Waals surface area contributed by atoms with E-state index < -0.39 is 0 Å². The van der Waals surface area contributed by atoms with Crippen LogP contribution in [0, 0.1) is 11.8 Å². The minimum Gasteiger partial charge on any atom is -0.467 e. The van der Waals surface area contributed by atoms with Crippen LogP contribution in [0.4, 0.5) is 0 Å². The topological polar surface area (TPSA) is 80.4 Å². The number of nitrogens with one attached hydrogen (secondary N) is 1. The molecular weight excluding hydrogens is 332 g/mol. The van der Waals surface area contributed by atoms with Crippen molar-refractivity contribution in [2.24, 2.45) is 11.8 Å². The highest BCUT2D eigenvalue weighted by Crippen LogP contribution is 2.41. The lowest BCUT2D eigenvalue weighted by atomic mass is 10.1. The number of rotatable bonds is 5. The van der Waals surface area contributed by atoms with Crippen molar-refractivity contribution in [2.75, 3.05) is 6.54 Å². The summed E-state index contributed by atoms with van der Waals surface area (Å²) in [4.78, 5) is 31.3. The summed E-state index contributed by atoms with van der Waals surface area (Å²) in [5, 5.41) is 2.83. The largest absolute Gasteiger partial charge is 0.467 e. The molecule has 4 rings (SSSR count). The van der Waals surface area contributed by atoms with Gasteiger partial charge in [-0.1, -0.05) is 6.92 Å². The molecule has 2 aromatic heterocycles. The average molecular weight is 356 g/mol. The summed E-state index contributed by atoms with van der Waals surface area (Å²) < 4.78 is 7.28. The van der Waals surface area contributed by atoms with Crippen LogP contribution in [-0.4, -0.2) is 32.8 Å². The molecule has 138 valence electrons. The van der Waals surface area contributed by atoms with Crippen molar-refractivity contribution in [3.63, 3.8) is 0 Å². The molecule has 1 N–H and O–H groups in total. The molecule has 26 heavy (non-hydrogen) atoms. The smallest absolute Gasteiger partial charge is 0.226 e. The number of fused-ring (bicyclic) bond motifs is 1. The van der Waals surface area contributed by atoms with E-state index in [0.717, 1.165) is 30.2 Å². The third-order valence-corrected chi connectivity index (χ3v) is 5.37. The summed E-state index contributed by atoms with van der Waals surface area (Å²) in [6, 6.07) is 3.56. The van der Waals surface area contributed by atoms with Gasteiger partial charge in [0, 0.05) is 25.2 Å².